The van der Waals surface area contributed by atoms with Crippen molar-refractivity contribution in [3.05, 3.63) is 47.7 Å². The third-order valence-electron chi connectivity index (χ3n) is 4.55. The van der Waals surface area contributed by atoms with Gasteiger partial charge in [0.05, 0.1) is 6.20 Å². The van der Waals surface area contributed by atoms with Crippen LogP contribution >= 0.6 is 0 Å². The Kier molecular flexibility index (Phi) is 4.85. The summed E-state index contributed by atoms with van der Waals surface area (Å²) in [4.78, 5) is 11.4. The van der Waals surface area contributed by atoms with E-state index in [1.165, 1.54) is 5.56 Å². The Labute approximate surface area is 142 Å². The van der Waals surface area contributed by atoms with Gasteiger partial charge < -0.3 is 16.4 Å². The van der Waals surface area contributed by atoms with Crippen LogP contribution in [-0.2, 0) is 6.54 Å². The lowest BCUT2D eigenvalue weighted by Crippen LogP contribution is -2.38. The van der Waals surface area contributed by atoms with E-state index in [4.69, 9.17) is 5.73 Å². The summed E-state index contributed by atoms with van der Waals surface area (Å²) in [7, 11) is 0. The third kappa shape index (κ3) is 3.43. The number of hydrogen-bond acceptors (Lipinski definition) is 4. The van der Waals surface area contributed by atoms with E-state index in [9.17, 15) is 4.79 Å². The molecule has 1 aliphatic rings. The standard InChI is InChI=1S/C18H25N5O/c1-12(2)16(14-6-4-3-5-7-14)20-8-13-9-21-18-15(17(19)24)10-22-23(18)11-13/h3-7,10,12-13,16,20-21H,8-9,11H2,1-2H3,(H2,19,24). The van der Waals surface area contributed by atoms with E-state index in [1.54, 1.807) is 6.20 Å². The molecule has 0 bridgehead atoms. The molecule has 3 rings (SSSR count). The molecule has 0 aliphatic carbocycles. The Morgan fingerprint density at radius 2 is 2.17 bits per heavy atom. The zero-order valence-corrected chi connectivity index (χ0v) is 14.2. The van der Waals surface area contributed by atoms with Crippen LogP contribution in [0.15, 0.2) is 36.5 Å². The van der Waals surface area contributed by atoms with Crippen molar-refractivity contribution in [2.45, 2.75) is 26.4 Å². The number of anilines is 1. The van der Waals surface area contributed by atoms with Gasteiger partial charge in [-0.2, -0.15) is 5.10 Å². The second-order valence-corrected chi connectivity index (χ2v) is 6.74. The van der Waals surface area contributed by atoms with Crippen molar-refractivity contribution in [1.82, 2.24) is 15.1 Å². The van der Waals surface area contributed by atoms with Gasteiger partial charge in [0.1, 0.15) is 11.4 Å². The van der Waals surface area contributed by atoms with Crippen LogP contribution in [0.4, 0.5) is 5.82 Å². The van der Waals surface area contributed by atoms with Crippen LogP contribution in [0.1, 0.15) is 35.8 Å². The minimum Gasteiger partial charge on any atom is -0.369 e. The number of amides is 1. The molecule has 6 heteroatoms. The summed E-state index contributed by atoms with van der Waals surface area (Å²) in [5.41, 5.74) is 7.14. The van der Waals surface area contributed by atoms with Gasteiger partial charge in [0.25, 0.3) is 5.91 Å². The average Bonchev–Trinajstić information content (AvgIpc) is 2.99. The average molecular weight is 327 g/mol. The molecule has 0 radical (unpaired) electrons. The summed E-state index contributed by atoms with van der Waals surface area (Å²) in [5, 5.41) is 11.3. The van der Waals surface area contributed by atoms with Crippen LogP contribution in [-0.4, -0.2) is 28.8 Å². The predicted molar refractivity (Wildman–Crippen MR) is 94.7 cm³/mol. The molecule has 128 valence electrons. The molecule has 24 heavy (non-hydrogen) atoms. The Balaban J connectivity index is 1.63. The van der Waals surface area contributed by atoms with Crippen LogP contribution in [0, 0.1) is 11.8 Å². The van der Waals surface area contributed by atoms with E-state index in [1.807, 2.05) is 10.7 Å². The monoisotopic (exact) mass is 327 g/mol. The summed E-state index contributed by atoms with van der Waals surface area (Å²) in [6.07, 6.45) is 1.54. The first-order chi connectivity index (χ1) is 11.6. The number of rotatable bonds is 6. The molecule has 2 atom stereocenters. The number of nitrogens with one attached hydrogen (secondary N) is 2. The molecule has 0 spiro atoms. The highest BCUT2D eigenvalue weighted by atomic mass is 16.1. The second kappa shape index (κ2) is 7.05. The van der Waals surface area contributed by atoms with Crippen LogP contribution in [0.25, 0.3) is 0 Å². The lowest BCUT2D eigenvalue weighted by atomic mass is 9.95. The summed E-state index contributed by atoms with van der Waals surface area (Å²) >= 11 is 0. The smallest absolute Gasteiger partial charge is 0.254 e. The Morgan fingerprint density at radius 3 is 2.83 bits per heavy atom. The molecule has 0 saturated heterocycles. The molecule has 2 unspecified atom stereocenters. The van der Waals surface area contributed by atoms with Gasteiger partial charge in [0.15, 0.2) is 0 Å². The lowest BCUT2D eigenvalue weighted by Gasteiger charge is -2.29. The minimum absolute atomic E-state index is 0.325. The molecular weight excluding hydrogens is 302 g/mol. The maximum Gasteiger partial charge on any atom is 0.254 e. The van der Waals surface area contributed by atoms with Crippen molar-refractivity contribution < 1.29 is 4.79 Å². The van der Waals surface area contributed by atoms with Gasteiger partial charge >= 0.3 is 0 Å². The molecule has 6 nitrogen and oxygen atoms in total. The van der Waals surface area contributed by atoms with Crippen molar-refractivity contribution in [2.24, 2.45) is 17.6 Å². The van der Waals surface area contributed by atoms with E-state index in [-0.39, 0.29) is 0 Å². The SMILES string of the molecule is CC(C)C(NCC1CNc2c(C(N)=O)cnn2C1)c1ccccc1. The van der Waals surface area contributed by atoms with Gasteiger partial charge in [-0.25, -0.2) is 4.68 Å². The molecule has 2 heterocycles. The van der Waals surface area contributed by atoms with E-state index in [2.05, 4.69) is 53.8 Å². The fraction of sp³-hybridized carbons (Fsp3) is 0.444. The van der Waals surface area contributed by atoms with Gasteiger partial charge in [0.2, 0.25) is 0 Å². The Hall–Kier alpha value is -2.34. The highest BCUT2D eigenvalue weighted by molar-refractivity contribution is 5.97. The molecule has 1 amide bonds. The van der Waals surface area contributed by atoms with Crippen molar-refractivity contribution in [3.63, 3.8) is 0 Å². The van der Waals surface area contributed by atoms with Gasteiger partial charge in [-0.05, 0) is 11.5 Å². The maximum atomic E-state index is 11.4. The number of nitrogens with zero attached hydrogens (tertiary/aromatic N) is 2. The molecule has 1 aromatic carbocycles. The van der Waals surface area contributed by atoms with Gasteiger partial charge in [-0.1, -0.05) is 44.2 Å². The van der Waals surface area contributed by atoms with Crippen molar-refractivity contribution in [1.29, 1.82) is 0 Å². The summed E-state index contributed by atoms with van der Waals surface area (Å²) in [6, 6.07) is 10.9. The van der Waals surface area contributed by atoms with Crippen LogP contribution in [0.2, 0.25) is 0 Å². The molecule has 0 fully saturated rings. The zero-order chi connectivity index (χ0) is 17.1. The number of carbonyl (C=O) groups is 1. The lowest BCUT2D eigenvalue weighted by molar-refractivity contribution is 0.100. The molecule has 1 aliphatic heterocycles. The number of fused-ring (bicyclic) bond motifs is 1. The molecule has 0 saturated carbocycles. The summed E-state index contributed by atoms with van der Waals surface area (Å²) < 4.78 is 1.84. The fourth-order valence-corrected chi connectivity index (χ4v) is 3.27. The number of carbonyl (C=O) groups excluding carboxylic acids is 1. The van der Waals surface area contributed by atoms with Crippen LogP contribution in [0.5, 0.6) is 0 Å². The first-order valence-electron chi connectivity index (χ1n) is 8.44. The number of benzene rings is 1. The normalized spacial score (nSPS) is 18.0. The third-order valence-corrected chi connectivity index (χ3v) is 4.55. The zero-order valence-electron chi connectivity index (χ0n) is 14.2. The minimum atomic E-state index is -0.440. The largest absolute Gasteiger partial charge is 0.369 e. The van der Waals surface area contributed by atoms with E-state index >= 15 is 0 Å². The molecule has 4 N–H and O–H groups in total. The predicted octanol–water partition coefficient (Wildman–Crippen LogP) is 2.01. The van der Waals surface area contributed by atoms with Gasteiger partial charge in [-0.15, -0.1) is 0 Å². The Morgan fingerprint density at radius 1 is 1.42 bits per heavy atom. The van der Waals surface area contributed by atoms with Crippen molar-refractivity contribution in [3.8, 4) is 0 Å². The highest BCUT2D eigenvalue weighted by Gasteiger charge is 2.24. The maximum absolute atomic E-state index is 11.4. The molecule has 1 aromatic heterocycles. The second-order valence-electron chi connectivity index (χ2n) is 6.74. The van der Waals surface area contributed by atoms with Gasteiger partial charge in [-0.3, -0.25) is 4.79 Å². The first kappa shape index (κ1) is 16.5. The fourth-order valence-electron chi connectivity index (χ4n) is 3.27. The summed E-state index contributed by atoms with van der Waals surface area (Å²) in [5.74, 6) is 1.21. The van der Waals surface area contributed by atoms with Crippen LogP contribution in [0.3, 0.4) is 0 Å². The Bertz CT molecular complexity index is 695. The van der Waals surface area contributed by atoms with E-state index in [0.29, 0.717) is 23.4 Å². The van der Waals surface area contributed by atoms with Gasteiger partial charge in [0, 0.05) is 31.6 Å². The quantitative estimate of drug-likeness (QED) is 0.758. The molecular formula is C18H25N5O. The topological polar surface area (TPSA) is 85.0 Å². The van der Waals surface area contributed by atoms with E-state index < -0.39 is 5.91 Å². The number of nitrogens with two attached hydrogens (primary N) is 1. The summed E-state index contributed by atoms with van der Waals surface area (Å²) in [6.45, 7) is 6.93. The number of aromatic nitrogens is 2. The van der Waals surface area contributed by atoms with E-state index in [0.717, 1.165) is 25.5 Å². The van der Waals surface area contributed by atoms with Crippen molar-refractivity contribution in [2.75, 3.05) is 18.4 Å². The number of hydrogen-bond donors (Lipinski definition) is 3. The molecule has 2 aromatic rings. The first-order valence-corrected chi connectivity index (χ1v) is 8.44. The highest BCUT2D eigenvalue weighted by Crippen LogP contribution is 2.24. The van der Waals surface area contributed by atoms with Crippen LogP contribution < -0.4 is 16.4 Å². The number of primary amides is 1. The van der Waals surface area contributed by atoms with Crippen molar-refractivity contribution >= 4 is 11.7 Å².